The monoisotopic (exact) mass is 311 g/mol. The Balaban J connectivity index is 2.17. The number of aromatic nitrogens is 2. The Morgan fingerprint density at radius 3 is 2.91 bits per heavy atom. The molecule has 0 aliphatic heterocycles. The number of hydrogen-bond acceptors (Lipinski definition) is 5. The van der Waals surface area contributed by atoms with Gasteiger partial charge in [0.05, 0.1) is 25.2 Å². The number of hydrogen-bond donors (Lipinski definition) is 2. The molecule has 1 heterocycles. The average molecular weight is 311 g/mol. The summed E-state index contributed by atoms with van der Waals surface area (Å²) in [5, 5.41) is 12.9. The van der Waals surface area contributed by atoms with E-state index in [9.17, 15) is 5.11 Å². The standard InChI is InChI=1S/C18H21N3O2/c1-4-5-6-13(2)10-20-18-12-19-11-15(21-18)14-7-8-16(22)17(9-14)23-3/h4-9,11-12,22H,10H2,1-3H3,(H,20,21)/b5-4-,13-6+. The van der Waals surface area contributed by atoms with Gasteiger partial charge >= 0.3 is 0 Å². The molecule has 0 saturated carbocycles. The van der Waals surface area contributed by atoms with Gasteiger partial charge in [-0.2, -0.15) is 0 Å². The number of benzene rings is 1. The van der Waals surface area contributed by atoms with Crippen molar-refractivity contribution in [3.63, 3.8) is 0 Å². The third kappa shape index (κ3) is 4.57. The topological polar surface area (TPSA) is 67.3 Å². The van der Waals surface area contributed by atoms with Crippen LogP contribution < -0.4 is 10.1 Å². The summed E-state index contributed by atoms with van der Waals surface area (Å²) in [6.45, 7) is 4.73. The molecule has 0 saturated heterocycles. The summed E-state index contributed by atoms with van der Waals surface area (Å²) in [6, 6.07) is 5.10. The molecule has 23 heavy (non-hydrogen) atoms. The molecule has 0 spiro atoms. The zero-order valence-corrected chi connectivity index (χ0v) is 13.6. The number of allylic oxidation sites excluding steroid dienone is 3. The fraction of sp³-hybridized carbons (Fsp3) is 0.222. The zero-order valence-electron chi connectivity index (χ0n) is 13.6. The Bertz CT molecular complexity index is 724. The van der Waals surface area contributed by atoms with Crippen molar-refractivity contribution in [2.45, 2.75) is 13.8 Å². The smallest absolute Gasteiger partial charge is 0.161 e. The predicted molar refractivity (Wildman–Crippen MR) is 92.7 cm³/mol. The van der Waals surface area contributed by atoms with Gasteiger partial charge in [-0.1, -0.05) is 23.8 Å². The molecular weight excluding hydrogens is 290 g/mol. The lowest BCUT2D eigenvalue weighted by atomic mass is 10.1. The number of aromatic hydroxyl groups is 1. The number of rotatable bonds is 6. The van der Waals surface area contributed by atoms with Crippen molar-refractivity contribution in [1.29, 1.82) is 0 Å². The van der Waals surface area contributed by atoms with Crippen LogP contribution in [0.3, 0.4) is 0 Å². The first kappa shape index (κ1) is 16.5. The molecule has 0 aliphatic carbocycles. The number of phenolic OH excluding ortho intramolecular Hbond substituents is 1. The summed E-state index contributed by atoms with van der Waals surface area (Å²) in [7, 11) is 1.52. The molecule has 5 nitrogen and oxygen atoms in total. The molecule has 2 aromatic rings. The lowest BCUT2D eigenvalue weighted by Gasteiger charge is -2.09. The number of nitrogens with zero attached hydrogens (tertiary/aromatic N) is 2. The molecule has 5 heteroatoms. The average Bonchev–Trinajstić information content (AvgIpc) is 2.58. The molecule has 2 rings (SSSR count). The Kier molecular flexibility index (Phi) is 5.74. The maximum Gasteiger partial charge on any atom is 0.161 e. The molecular formula is C18H21N3O2. The van der Waals surface area contributed by atoms with E-state index in [0.29, 0.717) is 23.8 Å². The number of anilines is 1. The van der Waals surface area contributed by atoms with Gasteiger partial charge in [0.1, 0.15) is 5.82 Å². The minimum absolute atomic E-state index is 0.100. The molecule has 0 amide bonds. The van der Waals surface area contributed by atoms with Crippen LogP contribution in [0.15, 0.2) is 54.4 Å². The highest BCUT2D eigenvalue weighted by molar-refractivity contribution is 5.64. The van der Waals surface area contributed by atoms with Crippen LogP contribution in [0.5, 0.6) is 11.5 Å². The van der Waals surface area contributed by atoms with Gasteiger partial charge in [-0.15, -0.1) is 0 Å². The van der Waals surface area contributed by atoms with Crippen LogP contribution in [0.1, 0.15) is 13.8 Å². The molecule has 0 bridgehead atoms. The molecule has 0 unspecified atom stereocenters. The first-order chi connectivity index (χ1) is 11.1. The van der Waals surface area contributed by atoms with Crippen molar-refractivity contribution in [2.24, 2.45) is 0 Å². The molecule has 0 fully saturated rings. The summed E-state index contributed by atoms with van der Waals surface area (Å²) >= 11 is 0. The molecule has 0 atom stereocenters. The Morgan fingerprint density at radius 1 is 1.35 bits per heavy atom. The summed E-state index contributed by atoms with van der Waals surface area (Å²) < 4.78 is 5.13. The van der Waals surface area contributed by atoms with E-state index in [1.54, 1.807) is 30.6 Å². The minimum Gasteiger partial charge on any atom is -0.504 e. The van der Waals surface area contributed by atoms with Gasteiger partial charge in [-0.05, 0) is 32.0 Å². The first-order valence-electron chi connectivity index (χ1n) is 7.35. The third-order valence-electron chi connectivity index (χ3n) is 3.23. The van der Waals surface area contributed by atoms with Gasteiger partial charge < -0.3 is 15.2 Å². The van der Waals surface area contributed by atoms with Gasteiger partial charge in [0.2, 0.25) is 0 Å². The Morgan fingerprint density at radius 2 is 2.17 bits per heavy atom. The summed E-state index contributed by atoms with van der Waals surface area (Å²) in [5.41, 5.74) is 2.74. The molecule has 0 aliphatic rings. The second kappa shape index (κ2) is 7.98. The van der Waals surface area contributed by atoms with E-state index >= 15 is 0 Å². The van der Waals surface area contributed by atoms with E-state index in [2.05, 4.69) is 28.3 Å². The third-order valence-corrected chi connectivity index (χ3v) is 3.23. The van der Waals surface area contributed by atoms with E-state index in [1.807, 2.05) is 19.1 Å². The number of methoxy groups -OCH3 is 1. The number of nitrogens with one attached hydrogen (secondary N) is 1. The fourth-order valence-electron chi connectivity index (χ4n) is 1.98. The maximum atomic E-state index is 9.67. The van der Waals surface area contributed by atoms with Gasteiger partial charge in [0.25, 0.3) is 0 Å². The summed E-state index contributed by atoms with van der Waals surface area (Å²) in [4.78, 5) is 8.76. The van der Waals surface area contributed by atoms with Crippen LogP contribution in [0.4, 0.5) is 5.82 Å². The van der Waals surface area contributed by atoms with Gasteiger partial charge in [-0.25, -0.2) is 4.98 Å². The van der Waals surface area contributed by atoms with Crippen molar-refractivity contribution in [3.05, 3.63) is 54.4 Å². The highest BCUT2D eigenvalue weighted by Gasteiger charge is 2.07. The lowest BCUT2D eigenvalue weighted by molar-refractivity contribution is 0.373. The molecule has 120 valence electrons. The second-order valence-corrected chi connectivity index (χ2v) is 5.07. The fourth-order valence-corrected chi connectivity index (χ4v) is 1.98. The van der Waals surface area contributed by atoms with Gasteiger partial charge in [-0.3, -0.25) is 4.98 Å². The maximum absolute atomic E-state index is 9.67. The number of ether oxygens (including phenoxy) is 1. The molecule has 1 aromatic heterocycles. The van der Waals surface area contributed by atoms with Gasteiger partial charge in [0, 0.05) is 12.1 Å². The zero-order chi connectivity index (χ0) is 16.7. The van der Waals surface area contributed by atoms with E-state index in [0.717, 1.165) is 5.56 Å². The van der Waals surface area contributed by atoms with Crippen LogP contribution in [0, 0.1) is 0 Å². The molecule has 2 N–H and O–H groups in total. The van der Waals surface area contributed by atoms with Crippen LogP contribution in [0.25, 0.3) is 11.3 Å². The highest BCUT2D eigenvalue weighted by Crippen LogP contribution is 2.30. The summed E-state index contributed by atoms with van der Waals surface area (Å²) in [6.07, 6.45) is 9.41. The van der Waals surface area contributed by atoms with E-state index in [1.165, 1.54) is 12.7 Å². The Labute approximate surface area is 136 Å². The SMILES string of the molecule is C/C=C\C=C(/C)CNc1cncc(-c2ccc(O)c(OC)c2)n1. The van der Waals surface area contributed by atoms with Gasteiger partial charge in [0.15, 0.2) is 11.5 Å². The Hall–Kier alpha value is -2.82. The van der Waals surface area contributed by atoms with Crippen LogP contribution >= 0.6 is 0 Å². The van der Waals surface area contributed by atoms with Crippen molar-refractivity contribution in [2.75, 3.05) is 19.0 Å². The highest BCUT2D eigenvalue weighted by atomic mass is 16.5. The summed E-state index contributed by atoms with van der Waals surface area (Å²) in [5.74, 6) is 1.21. The largest absolute Gasteiger partial charge is 0.504 e. The second-order valence-electron chi connectivity index (χ2n) is 5.07. The minimum atomic E-state index is 0.100. The first-order valence-corrected chi connectivity index (χ1v) is 7.35. The number of phenols is 1. The van der Waals surface area contributed by atoms with Crippen LogP contribution in [-0.4, -0.2) is 28.7 Å². The van der Waals surface area contributed by atoms with E-state index < -0.39 is 0 Å². The van der Waals surface area contributed by atoms with Crippen molar-refractivity contribution in [1.82, 2.24) is 9.97 Å². The predicted octanol–water partition coefficient (Wildman–Crippen LogP) is 3.79. The van der Waals surface area contributed by atoms with Crippen LogP contribution in [-0.2, 0) is 0 Å². The van der Waals surface area contributed by atoms with E-state index in [4.69, 9.17) is 4.74 Å². The van der Waals surface area contributed by atoms with E-state index in [-0.39, 0.29) is 5.75 Å². The lowest BCUT2D eigenvalue weighted by Crippen LogP contribution is -2.05. The van der Waals surface area contributed by atoms with Crippen LogP contribution in [0.2, 0.25) is 0 Å². The molecule has 0 radical (unpaired) electrons. The normalized spacial score (nSPS) is 11.7. The molecule has 1 aromatic carbocycles. The van der Waals surface area contributed by atoms with Crippen molar-refractivity contribution >= 4 is 5.82 Å². The van der Waals surface area contributed by atoms with Crippen molar-refractivity contribution in [3.8, 4) is 22.8 Å². The quantitative estimate of drug-likeness (QED) is 0.794. The van der Waals surface area contributed by atoms with Crippen molar-refractivity contribution < 1.29 is 9.84 Å².